The Hall–Kier alpha value is -2.97. The van der Waals surface area contributed by atoms with Crippen LogP contribution in [0.1, 0.15) is 95.0 Å². The first kappa shape index (κ1) is 34.2. The summed E-state index contributed by atoms with van der Waals surface area (Å²) >= 11 is 0. The lowest BCUT2D eigenvalue weighted by molar-refractivity contribution is 0.0951. The van der Waals surface area contributed by atoms with Crippen LogP contribution in [0, 0.1) is 12.8 Å². The third kappa shape index (κ3) is 12.2. The minimum atomic E-state index is -1.03. The van der Waals surface area contributed by atoms with Crippen LogP contribution in [0.5, 0.6) is 0 Å². The zero-order chi connectivity index (χ0) is 30.3. The molecule has 3 aromatic rings. The standard InChI is InChI=1S/C25H24.C11H22FN.C3H8/c1-4-21-14-16-22(17-15-21)18-25(24-13-9-8-10-19(24)2)20(3)23-11-6-5-7-12-23;1-4-10-5-7-13(8-6-10)9-11(2,3)12;1-3-2/h4-17H,1,18H2,2-3H3;10H,4-9H2,1-3H3;3H2,1-2H3/b25-20+;;. The van der Waals surface area contributed by atoms with Crippen molar-refractivity contribution < 1.29 is 4.39 Å². The molecular formula is C39H54FN. The number of hydrogen-bond donors (Lipinski definition) is 0. The van der Waals surface area contributed by atoms with Crippen LogP contribution in [0.4, 0.5) is 4.39 Å². The largest absolute Gasteiger partial charge is 0.300 e. The molecule has 0 bridgehead atoms. The molecule has 1 nitrogen and oxygen atoms in total. The van der Waals surface area contributed by atoms with Gasteiger partial charge in [0.1, 0.15) is 5.67 Å². The van der Waals surface area contributed by atoms with E-state index in [1.54, 1.807) is 13.8 Å². The van der Waals surface area contributed by atoms with Gasteiger partial charge >= 0.3 is 0 Å². The van der Waals surface area contributed by atoms with Gasteiger partial charge in [-0.25, -0.2) is 4.39 Å². The van der Waals surface area contributed by atoms with Gasteiger partial charge < -0.3 is 4.90 Å². The molecule has 0 aliphatic carbocycles. The molecule has 222 valence electrons. The Balaban J connectivity index is 0.000000309. The number of benzene rings is 3. The molecular weight excluding hydrogens is 501 g/mol. The molecule has 1 fully saturated rings. The third-order valence-corrected chi connectivity index (χ3v) is 7.61. The van der Waals surface area contributed by atoms with Crippen molar-refractivity contribution in [1.29, 1.82) is 0 Å². The van der Waals surface area contributed by atoms with Crippen molar-refractivity contribution in [2.45, 2.75) is 86.2 Å². The van der Waals surface area contributed by atoms with Crippen molar-refractivity contribution in [2.75, 3.05) is 19.6 Å². The van der Waals surface area contributed by atoms with Crippen molar-refractivity contribution in [3.8, 4) is 0 Å². The molecule has 3 aromatic carbocycles. The van der Waals surface area contributed by atoms with Crippen LogP contribution in [-0.2, 0) is 6.42 Å². The van der Waals surface area contributed by atoms with Crippen LogP contribution in [0.3, 0.4) is 0 Å². The summed E-state index contributed by atoms with van der Waals surface area (Å²) in [6.45, 7) is 20.9. The maximum atomic E-state index is 13.3. The summed E-state index contributed by atoms with van der Waals surface area (Å²) in [6.07, 6.45) is 7.85. The molecule has 0 N–H and O–H groups in total. The van der Waals surface area contributed by atoms with E-state index in [9.17, 15) is 4.39 Å². The van der Waals surface area contributed by atoms with E-state index in [-0.39, 0.29) is 0 Å². The number of piperidine rings is 1. The summed E-state index contributed by atoms with van der Waals surface area (Å²) in [4.78, 5) is 2.26. The van der Waals surface area contributed by atoms with Gasteiger partial charge in [-0.3, -0.25) is 0 Å². The smallest absolute Gasteiger partial charge is 0.118 e. The summed E-state index contributed by atoms with van der Waals surface area (Å²) in [5.41, 5.74) is 8.09. The maximum absolute atomic E-state index is 13.3. The van der Waals surface area contributed by atoms with Crippen LogP contribution in [0.15, 0.2) is 85.4 Å². The fourth-order valence-electron chi connectivity index (χ4n) is 5.26. The van der Waals surface area contributed by atoms with Gasteiger partial charge in [0.2, 0.25) is 0 Å². The number of alkyl halides is 1. The number of likely N-dealkylation sites (tertiary alicyclic amines) is 1. The molecule has 1 saturated heterocycles. The molecule has 0 spiro atoms. The zero-order valence-electron chi connectivity index (χ0n) is 26.8. The first-order valence-electron chi connectivity index (χ1n) is 15.6. The Morgan fingerprint density at radius 3 is 1.98 bits per heavy atom. The Kier molecular flexibility index (Phi) is 14.8. The van der Waals surface area contributed by atoms with E-state index in [4.69, 9.17) is 0 Å². The van der Waals surface area contributed by atoms with Crippen LogP contribution < -0.4 is 0 Å². The highest BCUT2D eigenvalue weighted by Crippen LogP contribution is 2.31. The van der Waals surface area contributed by atoms with Gasteiger partial charge in [0.05, 0.1) is 0 Å². The van der Waals surface area contributed by atoms with Gasteiger partial charge in [-0.05, 0) is 105 Å². The molecule has 1 heterocycles. The Morgan fingerprint density at radius 2 is 1.46 bits per heavy atom. The number of allylic oxidation sites excluding steroid dienone is 2. The molecule has 0 atom stereocenters. The second-order valence-electron chi connectivity index (χ2n) is 12.0. The van der Waals surface area contributed by atoms with E-state index < -0.39 is 5.67 Å². The SMILES string of the molecule is C=Cc1ccc(C/C(=C(/C)c2ccccc2)c2ccccc2C)cc1.CCC.CCC1CCN(CC(C)(C)F)CC1. The first-order valence-corrected chi connectivity index (χ1v) is 15.6. The van der Waals surface area contributed by atoms with Gasteiger partial charge in [0, 0.05) is 6.54 Å². The fraction of sp³-hybridized carbons (Fsp3) is 0.436. The minimum absolute atomic E-state index is 0.601. The van der Waals surface area contributed by atoms with E-state index in [1.807, 2.05) is 6.08 Å². The molecule has 4 rings (SSSR count). The second kappa shape index (κ2) is 17.8. The number of aryl methyl sites for hydroxylation is 1. The third-order valence-electron chi connectivity index (χ3n) is 7.61. The van der Waals surface area contributed by atoms with Gasteiger partial charge in [0.25, 0.3) is 0 Å². The van der Waals surface area contributed by atoms with Gasteiger partial charge in [-0.15, -0.1) is 0 Å². The van der Waals surface area contributed by atoms with Crippen molar-refractivity contribution in [2.24, 2.45) is 5.92 Å². The summed E-state index contributed by atoms with van der Waals surface area (Å²) in [7, 11) is 0. The van der Waals surface area contributed by atoms with Crippen LogP contribution in [-0.4, -0.2) is 30.2 Å². The molecule has 1 aliphatic heterocycles. The number of hydrogen-bond acceptors (Lipinski definition) is 1. The second-order valence-corrected chi connectivity index (χ2v) is 12.0. The van der Waals surface area contributed by atoms with E-state index in [2.05, 4.69) is 125 Å². The lowest BCUT2D eigenvalue weighted by Crippen LogP contribution is -2.40. The van der Waals surface area contributed by atoms with Crippen LogP contribution in [0.2, 0.25) is 0 Å². The Morgan fingerprint density at radius 1 is 0.902 bits per heavy atom. The molecule has 2 heteroatoms. The number of rotatable bonds is 8. The molecule has 0 radical (unpaired) electrons. The van der Waals surface area contributed by atoms with Crippen molar-refractivity contribution >= 4 is 17.2 Å². The average Bonchev–Trinajstić information content (AvgIpc) is 2.97. The van der Waals surface area contributed by atoms with Gasteiger partial charge in [-0.1, -0.05) is 125 Å². The predicted octanol–water partition coefficient (Wildman–Crippen LogP) is 11.1. The fourth-order valence-corrected chi connectivity index (χ4v) is 5.26. The van der Waals surface area contributed by atoms with Crippen molar-refractivity contribution in [3.63, 3.8) is 0 Å². The molecule has 0 amide bonds. The first-order chi connectivity index (χ1) is 19.6. The number of halogens is 1. The highest BCUT2D eigenvalue weighted by molar-refractivity contribution is 5.91. The maximum Gasteiger partial charge on any atom is 0.118 e. The number of nitrogens with zero attached hydrogens (tertiary/aromatic N) is 1. The van der Waals surface area contributed by atoms with E-state index in [0.717, 1.165) is 31.0 Å². The van der Waals surface area contributed by atoms with E-state index in [0.29, 0.717) is 6.54 Å². The Bertz CT molecular complexity index is 1180. The monoisotopic (exact) mass is 555 g/mol. The van der Waals surface area contributed by atoms with Crippen LogP contribution >= 0.6 is 0 Å². The van der Waals surface area contributed by atoms with Crippen molar-refractivity contribution in [1.82, 2.24) is 4.90 Å². The summed E-state index contributed by atoms with van der Waals surface area (Å²) in [5, 5.41) is 0. The quantitative estimate of drug-likeness (QED) is 0.250. The molecule has 0 saturated carbocycles. The molecule has 0 aromatic heterocycles. The molecule has 1 aliphatic rings. The topological polar surface area (TPSA) is 3.24 Å². The highest BCUT2D eigenvalue weighted by atomic mass is 19.1. The molecule has 41 heavy (non-hydrogen) atoms. The van der Waals surface area contributed by atoms with E-state index >= 15 is 0 Å². The van der Waals surface area contributed by atoms with Gasteiger partial charge in [0.15, 0.2) is 0 Å². The zero-order valence-corrected chi connectivity index (χ0v) is 26.8. The van der Waals surface area contributed by atoms with E-state index in [1.165, 1.54) is 59.1 Å². The minimum Gasteiger partial charge on any atom is -0.300 e. The highest BCUT2D eigenvalue weighted by Gasteiger charge is 2.24. The van der Waals surface area contributed by atoms with Crippen molar-refractivity contribution in [3.05, 3.63) is 113 Å². The summed E-state index contributed by atoms with van der Waals surface area (Å²) < 4.78 is 13.3. The Labute approximate surface area is 251 Å². The lowest BCUT2D eigenvalue weighted by atomic mass is 9.88. The average molecular weight is 556 g/mol. The van der Waals surface area contributed by atoms with Gasteiger partial charge in [-0.2, -0.15) is 0 Å². The normalized spacial score (nSPS) is 14.6. The summed E-state index contributed by atoms with van der Waals surface area (Å²) in [5.74, 6) is 0.888. The lowest BCUT2D eigenvalue weighted by Gasteiger charge is -2.34. The molecule has 0 unspecified atom stereocenters. The predicted molar refractivity (Wildman–Crippen MR) is 181 cm³/mol. The summed E-state index contributed by atoms with van der Waals surface area (Å²) in [6, 6.07) is 28.0. The van der Waals surface area contributed by atoms with Crippen LogP contribution in [0.25, 0.3) is 17.2 Å².